The number of aromatic nitrogens is 5. The molecule has 3 aromatic rings. The van der Waals surface area contributed by atoms with Gasteiger partial charge in [-0.2, -0.15) is 0 Å². The van der Waals surface area contributed by atoms with E-state index < -0.39 is 0 Å². The first-order valence-electron chi connectivity index (χ1n) is 12.0. The van der Waals surface area contributed by atoms with E-state index in [1.165, 1.54) is 6.42 Å². The summed E-state index contributed by atoms with van der Waals surface area (Å²) < 4.78 is 13.4. The van der Waals surface area contributed by atoms with Crippen LogP contribution in [0.5, 0.6) is 5.75 Å². The highest BCUT2D eigenvalue weighted by Crippen LogP contribution is 2.32. The van der Waals surface area contributed by atoms with Crippen LogP contribution in [0.2, 0.25) is 0 Å². The Hall–Kier alpha value is -2.78. The van der Waals surface area contributed by atoms with E-state index in [1.807, 2.05) is 35.9 Å². The molecule has 176 valence electrons. The summed E-state index contributed by atoms with van der Waals surface area (Å²) in [4.78, 5) is 18.8. The number of nitrogens with zero attached hydrogens (tertiary/aromatic N) is 5. The van der Waals surface area contributed by atoms with E-state index >= 15 is 0 Å². The Morgan fingerprint density at radius 3 is 2.97 bits per heavy atom. The molecule has 5 rings (SSSR count). The van der Waals surface area contributed by atoms with Crippen molar-refractivity contribution >= 4 is 10.9 Å². The number of hydrogen-bond acceptors (Lipinski definition) is 7. The molecule has 0 aliphatic carbocycles. The highest BCUT2D eigenvalue weighted by Gasteiger charge is 2.33. The van der Waals surface area contributed by atoms with Crippen molar-refractivity contribution in [2.45, 2.75) is 58.2 Å². The molecule has 9 heteroatoms. The standard InChI is InChI=1S/C24H32N6O3/c1-3-32-18-8-9-21-17(12-18)13-20(24(31)25-21)22(29-10-4-6-16(2)14-29)23-26-27-28-30(23)15-19-7-5-11-33-19/h8-9,12-13,16,19,22H,3-7,10-11,14-15H2,1-2H3,(H,25,31)/t16-,19+,22-/m0/s1. The molecule has 9 nitrogen and oxygen atoms in total. The minimum absolute atomic E-state index is 0.108. The normalized spacial score (nSPS) is 22.6. The highest BCUT2D eigenvalue weighted by molar-refractivity contribution is 5.80. The number of hydrogen-bond donors (Lipinski definition) is 1. The van der Waals surface area contributed by atoms with Crippen LogP contribution in [0, 0.1) is 5.92 Å². The summed E-state index contributed by atoms with van der Waals surface area (Å²) in [5.74, 6) is 2.03. The molecule has 0 radical (unpaired) electrons. The molecule has 1 aromatic carbocycles. The van der Waals surface area contributed by atoms with Gasteiger partial charge in [0.25, 0.3) is 5.56 Å². The Labute approximate surface area is 193 Å². The van der Waals surface area contributed by atoms with Crippen molar-refractivity contribution in [1.82, 2.24) is 30.1 Å². The van der Waals surface area contributed by atoms with Crippen LogP contribution in [0.25, 0.3) is 10.9 Å². The molecule has 2 aliphatic rings. The maximum atomic E-state index is 13.3. The van der Waals surface area contributed by atoms with Crippen LogP contribution < -0.4 is 10.3 Å². The molecule has 33 heavy (non-hydrogen) atoms. The van der Waals surface area contributed by atoms with Gasteiger partial charge in [0.15, 0.2) is 5.82 Å². The molecule has 0 spiro atoms. The quantitative estimate of drug-likeness (QED) is 0.588. The van der Waals surface area contributed by atoms with Crippen molar-refractivity contribution in [3.63, 3.8) is 0 Å². The van der Waals surface area contributed by atoms with Crippen molar-refractivity contribution < 1.29 is 9.47 Å². The lowest BCUT2D eigenvalue weighted by Crippen LogP contribution is -2.41. The van der Waals surface area contributed by atoms with E-state index in [9.17, 15) is 4.79 Å². The van der Waals surface area contributed by atoms with Gasteiger partial charge < -0.3 is 14.5 Å². The van der Waals surface area contributed by atoms with E-state index in [-0.39, 0.29) is 17.7 Å². The Morgan fingerprint density at radius 2 is 2.18 bits per heavy atom. The summed E-state index contributed by atoms with van der Waals surface area (Å²) in [5, 5.41) is 13.7. The third-order valence-electron chi connectivity index (χ3n) is 6.71. The van der Waals surface area contributed by atoms with Gasteiger partial charge in [-0.25, -0.2) is 4.68 Å². The van der Waals surface area contributed by atoms with E-state index in [0.717, 1.165) is 55.6 Å². The van der Waals surface area contributed by atoms with Crippen molar-refractivity contribution in [2.75, 3.05) is 26.3 Å². The van der Waals surface area contributed by atoms with E-state index in [0.29, 0.717) is 30.5 Å². The fraction of sp³-hybridized carbons (Fsp3) is 0.583. The summed E-state index contributed by atoms with van der Waals surface area (Å²) in [6, 6.07) is 7.40. The van der Waals surface area contributed by atoms with Crippen molar-refractivity contribution in [3.8, 4) is 5.75 Å². The second kappa shape index (κ2) is 9.61. The fourth-order valence-corrected chi connectivity index (χ4v) is 5.14. The lowest BCUT2D eigenvalue weighted by molar-refractivity contribution is 0.0889. The predicted molar refractivity (Wildman–Crippen MR) is 124 cm³/mol. The molecule has 2 fully saturated rings. The number of fused-ring (bicyclic) bond motifs is 1. The third-order valence-corrected chi connectivity index (χ3v) is 6.71. The van der Waals surface area contributed by atoms with Crippen LogP contribution in [-0.4, -0.2) is 62.5 Å². The molecule has 1 N–H and O–H groups in total. The van der Waals surface area contributed by atoms with Crippen LogP contribution in [0.3, 0.4) is 0 Å². The molecule has 2 aliphatic heterocycles. The number of benzene rings is 1. The van der Waals surface area contributed by atoms with Crippen LogP contribution in [0.1, 0.15) is 57.0 Å². The van der Waals surface area contributed by atoms with E-state index in [1.54, 1.807) is 0 Å². The third kappa shape index (κ3) is 4.65. The minimum atomic E-state index is -0.326. The van der Waals surface area contributed by atoms with Gasteiger partial charge in [-0.15, -0.1) is 5.10 Å². The zero-order chi connectivity index (χ0) is 22.8. The highest BCUT2D eigenvalue weighted by atomic mass is 16.5. The number of rotatable bonds is 7. The first-order valence-corrected chi connectivity index (χ1v) is 12.0. The molecule has 0 amide bonds. The number of H-pyrrole nitrogens is 1. The van der Waals surface area contributed by atoms with E-state index in [4.69, 9.17) is 9.47 Å². The van der Waals surface area contributed by atoms with Gasteiger partial charge in [-0.3, -0.25) is 9.69 Å². The number of aromatic amines is 1. The van der Waals surface area contributed by atoms with Crippen LogP contribution in [-0.2, 0) is 11.3 Å². The average molecular weight is 453 g/mol. The summed E-state index contributed by atoms with van der Waals surface area (Å²) in [5.41, 5.74) is 1.34. The first-order chi connectivity index (χ1) is 16.1. The topological polar surface area (TPSA) is 98.2 Å². The van der Waals surface area contributed by atoms with Gasteiger partial charge >= 0.3 is 0 Å². The SMILES string of the molecule is CCOc1ccc2[nH]c(=O)c([C@@H](c3nnnn3C[C@H]3CCCO3)N3CCC[C@H](C)C3)cc2c1. The number of likely N-dealkylation sites (tertiary alicyclic amines) is 1. The van der Waals surface area contributed by atoms with Crippen LogP contribution >= 0.6 is 0 Å². The maximum Gasteiger partial charge on any atom is 0.253 e. The number of pyridine rings is 1. The Kier molecular flexibility index (Phi) is 6.41. The number of nitrogens with one attached hydrogen (secondary N) is 1. The fourth-order valence-electron chi connectivity index (χ4n) is 5.14. The first kappa shape index (κ1) is 22.0. The van der Waals surface area contributed by atoms with Gasteiger partial charge in [0.2, 0.25) is 0 Å². The van der Waals surface area contributed by atoms with Gasteiger partial charge in [-0.1, -0.05) is 6.92 Å². The number of piperidine rings is 1. The second-order valence-corrected chi connectivity index (χ2v) is 9.23. The van der Waals surface area contributed by atoms with Crippen molar-refractivity contribution in [3.05, 3.63) is 46.0 Å². The molecule has 0 unspecified atom stereocenters. The number of ether oxygens (including phenoxy) is 2. The minimum Gasteiger partial charge on any atom is -0.494 e. The van der Waals surface area contributed by atoms with Crippen molar-refractivity contribution in [2.24, 2.45) is 5.92 Å². The number of tetrazole rings is 1. The van der Waals surface area contributed by atoms with Gasteiger partial charge in [0.05, 0.1) is 19.3 Å². The monoisotopic (exact) mass is 452 g/mol. The average Bonchev–Trinajstić information content (AvgIpc) is 3.48. The van der Waals surface area contributed by atoms with Crippen LogP contribution in [0.15, 0.2) is 29.1 Å². The molecule has 0 bridgehead atoms. The van der Waals surface area contributed by atoms with Gasteiger partial charge in [0, 0.05) is 29.6 Å². The smallest absolute Gasteiger partial charge is 0.253 e. The van der Waals surface area contributed by atoms with Crippen LogP contribution in [0.4, 0.5) is 0 Å². The van der Waals surface area contributed by atoms with E-state index in [2.05, 4.69) is 32.3 Å². The largest absolute Gasteiger partial charge is 0.494 e. The zero-order valence-corrected chi connectivity index (χ0v) is 19.4. The molecule has 2 aromatic heterocycles. The molecule has 3 atom stereocenters. The molecular weight excluding hydrogens is 420 g/mol. The predicted octanol–water partition coefficient (Wildman–Crippen LogP) is 2.91. The zero-order valence-electron chi connectivity index (χ0n) is 19.4. The Balaban J connectivity index is 1.59. The lowest BCUT2D eigenvalue weighted by atomic mass is 9.95. The van der Waals surface area contributed by atoms with Crippen molar-refractivity contribution in [1.29, 1.82) is 0 Å². The summed E-state index contributed by atoms with van der Waals surface area (Å²) >= 11 is 0. The molecule has 0 saturated carbocycles. The summed E-state index contributed by atoms with van der Waals surface area (Å²) in [6.07, 6.45) is 4.45. The second-order valence-electron chi connectivity index (χ2n) is 9.23. The summed E-state index contributed by atoms with van der Waals surface area (Å²) in [7, 11) is 0. The molecular formula is C24H32N6O3. The van der Waals surface area contributed by atoms with Gasteiger partial charge in [-0.05, 0) is 79.8 Å². The van der Waals surface area contributed by atoms with Gasteiger partial charge in [0.1, 0.15) is 11.8 Å². The summed E-state index contributed by atoms with van der Waals surface area (Å²) in [6.45, 7) is 7.99. The Morgan fingerprint density at radius 1 is 1.27 bits per heavy atom. The molecule has 4 heterocycles. The lowest BCUT2D eigenvalue weighted by Gasteiger charge is -2.36. The maximum absolute atomic E-state index is 13.3. The Bertz CT molecular complexity index is 1150. The molecule has 2 saturated heterocycles.